The highest BCUT2D eigenvalue weighted by Crippen LogP contribution is 2.41. The molecule has 2 N–H and O–H groups in total. The van der Waals surface area contributed by atoms with Gasteiger partial charge in [-0.25, -0.2) is 0 Å². The van der Waals surface area contributed by atoms with Crippen LogP contribution in [0.4, 0.5) is 0 Å². The Morgan fingerprint density at radius 1 is 1.28 bits per heavy atom. The summed E-state index contributed by atoms with van der Waals surface area (Å²) in [6.07, 6.45) is 0.914. The summed E-state index contributed by atoms with van der Waals surface area (Å²) in [6.45, 7) is 0. The van der Waals surface area contributed by atoms with Crippen LogP contribution in [0.15, 0.2) is 41.3 Å². The molecule has 1 nitrogen and oxygen atoms in total. The van der Waals surface area contributed by atoms with Gasteiger partial charge in [-0.15, -0.1) is 23.1 Å². The summed E-state index contributed by atoms with van der Waals surface area (Å²) in [5.41, 5.74) is 7.80. The van der Waals surface area contributed by atoms with Gasteiger partial charge >= 0.3 is 0 Å². The second-order valence-corrected chi connectivity index (χ2v) is 7.39. The van der Waals surface area contributed by atoms with Gasteiger partial charge in [0.15, 0.2) is 0 Å². The monoisotopic (exact) mass is 295 g/mol. The number of halogens is 1. The predicted molar refractivity (Wildman–Crippen MR) is 80.9 cm³/mol. The number of benzene rings is 1. The molecule has 2 aromatic rings. The molecule has 0 saturated carbocycles. The van der Waals surface area contributed by atoms with Gasteiger partial charge in [-0.2, -0.15) is 0 Å². The second-order valence-electron chi connectivity index (χ2n) is 4.53. The average Bonchev–Trinajstić information content (AvgIpc) is 2.95. The molecule has 18 heavy (non-hydrogen) atoms. The predicted octanol–water partition coefficient (Wildman–Crippen LogP) is 4.16. The summed E-state index contributed by atoms with van der Waals surface area (Å²) in [7, 11) is 0. The summed E-state index contributed by atoms with van der Waals surface area (Å²) in [5, 5.41) is 0. The minimum Gasteiger partial charge on any atom is -0.327 e. The lowest BCUT2D eigenvalue weighted by Gasteiger charge is -2.18. The molecule has 1 aliphatic heterocycles. The number of fused-ring (bicyclic) bond motifs is 1. The molecule has 2 heterocycles. The summed E-state index contributed by atoms with van der Waals surface area (Å²) in [5.74, 6) is 1.56. The molecule has 0 bridgehead atoms. The van der Waals surface area contributed by atoms with E-state index in [2.05, 4.69) is 30.3 Å². The number of nitrogens with two attached hydrogens (primary N) is 1. The van der Waals surface area contributed by atoms with Crippen molar-refractivity contribution in [3.63, 3.8) is 0 Å². The lowest BCUT2D eigenvalue weighted by atomic mass is 9.91. The standard InChI is InChI=1S/C14H14ClNS2/c15-14-6-5-9(18-14)7-12(16)11-8-17-13-4-2-1-3-10(11)13/h1-6,11-12H,7-8,16H2. The first-order chi connectivity index (χ1) is 8.74. The van der Waals surface area contributed by atoms with Gasteiger partial charge in [0.05, 0.1) is 4.34 Å². The van der Waals surface area contributed by atoms with E-state index >= 15 is 0 Å². The van der Waals surface area contributed by atoms with Crippen molar-refractivity contribution in [3.8, 4) is 0 Å². The van der Waals surface area contributed by atoms with Crippen molar-refractivity contribution in [3.05, 3.63) is 51.2 Å². The van der Waals surface area contributed by atoms with E-state index < -0.39 is 0 Å². The molecule has 1 aliphatic rings. The first kappa shape index (κ1) is 12.5. The van der Waals surface area contributed by atoms with Gasteiger partial charge < -0.3 is 5.73 Å². The maximum atomic E-state index is 6.39. The molecule has 4 heteroatoms. The molecule has 3 rings (SSSR count). The minimum absolute atomic E-state index is 0.177. The summed E-state index contributed by atoms with van der Waals surface area (Å²) in [4.78, 5) is 2.67. The van der Waals surface area contributed by atoms with E-state index in [0.717, 1.165) is 16.5 Å². The zero-order valence-corrected chi connectivity index (χ0v) is 12.2. The molecule has 2 unspecified atom stereocenters. The van der Waals surface area contributed by atoms with Crippen LogP contribution in [0.3, 0.4) is 0 Å². The Hall–Kier alpha value is -0.480. The normalized spacial score (nSPS) is 19.8. The molecule has 0 aliphatic carbocycles. The van der Waals surface area contributed by atoms with Crippen molar-refractivity contribution in [2.24, 2.45) is 5.73 Å². The van der Waals surface area contributed by atoms with Crippen molar-refractivity contribution in [2.75, 3.05) is 5.75 Å². The molecule has 0 fully saturated rings. The topological polar surface area (TPSA) is 26.0 Å². The number of thiophene rings is 1. The third-order valence-corrected chi connectivity index (χ3v) is 5.78. The fourth-order valence-corrected chi connectivity index (χ4v) is 4.88. The Kier molecular flexibility index (Phi) is 3.66. The molecule has 0 radical (unpaired) electrons. The maximum absolute atomic E-state index is 6.39. The molecule has 94 valence electrons. The maximum Gasteiger partial charge on any atom is 0.0931 e. The van der Waals surface area contributed by atoms with Crippen LogP contribution in [0.5, 0.6) is 0 Å². The highest BCUT2D eigenvalue weighted by atomic mass is 35.5. The third kappa shape index (κ3) is 2.45. The van der Waals surface area contributed by atoms with E-state index in [0.29, 0.717) is 5.92 Å². The van der Waals surface area contributed by atoms with Crippen LogP contribution in [-0.4, -0.2) is 11.8 Å². The Morgan fingerprint density at radius 2 is 2.11 bits per heavy atom. The third-order valence-electron chi connectivity index (χ3n) is 3.32. The van der Waals surface area contributed by atoms with Crippen LogP contribution >= 0.6 is 34.7 Å². The van der Waals surface area contributed by atoms with Crippen molar-refractivity contribution >= 4 is 34.7 Å². The van der Waals surface area contributed by atoms with Crippen LogP contribution < -0.4 is 5.73 Å². The van der Waals surface area contributed by atoms with Gasteiger partial charge in [-0.1, -0.05) is 29.8 Å². The molecule has 0 spiro atoms. The zero-order chi connectivity index (χ0) is 12.5. The largest absolute Gasteiger partial charge is 0.327 e. The first-order valence-electron chi connectivity index (χ1n) is 5.95. The van der Waals surface area contributed by atoms with Gasteiger partial charge in [0.25, 0.3) is 0 Å². The molecule has 1 aromatic carbocycles. The fraction of sp³-hybridized carbons (Fsp3) is 0.286. The van der Waals surface area contributed by atoms with Gasteiger partial charge in [0.1, 0.15) is 0 Å². The van der Waals surface area contributed by atoms with Gasteiger partial charge in [-0.05, 0) is 30.2 Å². The average molecular weight is 296 g/mol. The van der Waals surface area contributed by atoms with Crippen molar-refractivity contribution < 1.29 is 0 Å². The second kappa shape index (κ2) is 5.25. The van der Waals surface area contributed by atoms with E-state index in [1.165, 1.54) is 15.3 Å². The van der Waals surface area contributed by atoms with Crippen LogP contribution in [0.2, 0.25) is 4.34 Å². The molecule has 2 atom stereocenters. The van der Waals surface area contributed by atoms with Gasteiger partial charge in [-0.3, -0.25) is 0 Å². The van der Waals surface area contributed by atoms with Gasteiger partial charge in [0, 0.05) is 27.5 Å². The summed E-state index contributed by atoms with van der Waals surface area (Å²) >= 11 is 9.51. The van der Waals surface area contributed by atoms with Crippen LogP contribution in [0.25, 0.3) is 0 Å². The number of hydrogen-bond donors (Lipinski definition) is 1. The van der Waals surface area contributed by atoms with Crippen LogP contribution in [0.1, 0.15) is 16.4 Å². The summed E-state index contributed by atoms with van der Waals surface area (Å²) in [6, 6.07) is 12.8. The van der Waals surface area contributed by atoms with E-state index in [1.807, 2.05) is 17.8 Å². The Bertz CT molecular complexity index is 552. The quantitative estimate of drug-likeness (QED) is 0.920. The van der Waals surface area contributed by atoms with Crippen LogP contribution in [-0.2, 0) is 6.42 Å². The zero-order valence-electron chi connectivity index (χ0n) is 9.80. The smallest absolute Gasteiger partial charge is 0.0931 e. The molecular weight excluding hydrogens is 282 g/mol. The Balaban J connectivity index is 1.76. The fourth-order valence-electron chi connectivity index (χ4n) is 2.38. The number of thioether (sulfide) groups is 1. The molecule has 1 aromatic heterocycles. The SMILES string of the molecule is NC(Cc1ccc(Cl)s1)C1CSc2ccccc21. The van der Waals surface area contributed by atoms with Crippen molar-refractivity contribution in [1.29, 1.82) is 0 Å². The molecule has 0 amide bonds. The molecular formula is C14H14ClNS2. The van der Waals surface area contributed by atoms with Crippen molar-refractivity contribution in [2.45, 2.75) is 23.3 Å². The van der Waals surface area contributed by atoms with E-state index in [4.69, 9.17) is 17.3 Å². The van der Waals surface area contributed by atoms with Crippen LogP contribution in [0, 0.1) is 0 Å². The lowest BCUT2D eigenvalue weighted by molar-refractivity contribution is 0.576. The lowest BCUT2D eigenvalue weighted by Crippen LogP contribution is -2.30. The van der Waals surface area contributed by atoms with Gasteiger partial charge in [0.2, 0.25) is 0 Å². The highest BCUT2D eigenvalue weighted by molar-refractivity contribution is 7.99. The number of rotatable bonds is 3. The minimum atomic E-state index is 0.177. The van der Waals surface area contributed by atoms with Crippen molar-refractivity contribution in [1.82, 2.24) is 0 Å². The first-order valence-corrected chi connectivity index (χ1v) is 8.13. The van der Waals surface area contributed by atoms with E-state index in [-0.39, 0.29) is 6.04 Å². The number of hydrogen-bond acceptors (Lipinski definition) is 3. The van der Waals surface area contributed by atoms with E-state index in [1.54, 1.807) is 11.3 Å². The Labute approximate surface area is 120 Å². The summed E-state index contributed by atoms with van der Waals surface area (Å²) < 4.78 is 0.846. The molecule has 0 saturated heterocycles. The highest BCUT2D eigenvalue weighted by Gasteiger charge is 2.28. The van der Waals surface area contributed by atoms with E-state index in [9.17, 15) is 0 Å². The Morgan fingerprint density at radius 3 is 2.89 bits per heavy atom.